The maximum absolute atomic E-state index is 3.56. The number of hydrogen-bond acceptors (Lipinski definition) is 1. The molecule has 0 aromatic carbocycles. The van der Waals surface area contributed by atoms with E-state index in [1.807, 2.05) is 0 Å². The van der Waals surface area contributed by atoms with Crippen LogP contribution in [0.2, 0.25) is 0 Å². The van der Waals surface area contributed by atoms with Crippen molar-refractivity contribution in [3.8, 4) is 0 Å². The minimum absolute atomic E-state index is 0.372. The number of halogens is 1. The first-order chi connectivity index (χ1) is 5.54. The summed E-state index contributed by atoms with van der Waals surface area (Å²) in [5, 5.41) is 1.19. The fourth-order valence-electron chi connectivity index (χ4n) is 1.76. The summed E-state index contributed by atoms with van der Waals surface area (Å²) in [4.78, 5) is 2.59. The Balaban J connectivity index is 2.36. The Morgan fingerprint density at radius 2 is 1.75 bits per heavy atom. The summed E-state index contributed by atoms with van der Waals surface area (Å²) < 4.78 is 0. The Morgan fingerprint density at radius 3 is 2.08 bits per heavy atom. The van der Waals surface area contributed by atoms with Crippen LogP contribution in [0.1, 0.15) is 33.6 Å². The molecule has 2 heteroatoms. The van der Waals surface area contributed by atoms with Gasteiger partial charge in [0.25, 0.3) is 0 Å². The van der Waals surface area contributed by atoms with Crippen molar-refractivity contribution in [3.63, 3.8) is 0 Å². The van der Waals surface area contributed by atoms with E-state index in [0.29, 0.717) is 5.54 Å². The Morgan fingerprint density at radius 1 is 1.25 bits per heavy atom. The van der Waals surface area contributed by atoms with Gasteiger partial charge in [-0.1, -0.05) is 15.9 Å². The molecule has 1 aliphatic heterocycles. The molecule has 0 unspecified atom stereocenters. The average Bonchev–Trinajstić information content (AvgIpc) is 2.03. The van der Waals surface area contributed by atoms with Gasteiger partial charge < -0.3 is 0 Å². The molecule has 1 fully saturated rings. The lowest BCUT2D eigenvalue weighted by Crippen LogP contribution is -2.46. The molecular formula is C10H20BrN. The molecule has 1 heterocycles. The van der Waals surface area contributed by atoms with Crippen LogP contribution in [0.3, 0.4) is 0 Å². The van der Waals surface area contributed by atoms with Gasteiger partial charge in [-0.3, -0.25) is 4.90 Å². The largest absolute Gasteiger partial charge is 0.298 e. The van der Waals surface area contributed by atoms with E-state index in [9.17, 15) is 0 Å². The topological polar surface area (TPSA) is 3.24 Å². The Bertz CT molecular complexity index is 131. The molecule has 0 radical (unpaired) electrons. The van der Waals surface area contributed by atoms with E-state index in [1.165, 1.54) is 31.3 Å². The van der Waals surface area contributed by atoms with Crippen molar-refractivity contribution in [1.82, 2.24) is 4.90 Å². The predicted molar refractivity (Wildman–Crippen MR) is 57.8 cm³/mol. The molecule has 0 N–H and O–H groups in total. The Hall–Kier alpha value is 0.440. The number of nitrogens with zero attached hydrogens (tertiary/aromatic N) is 1. The van der Waals surface area contributed by atoms with Gasteiger partial charge in [0.2, 0.25) is 0 Å². The van der Waals surface area contributed by atoms with Gasteiger partial charge in [0.1, 0.15) is 0 Å². The van der Waals surface area contributed by atoms with Gasteiger partial charge >= 0.3 is 0 Å². The first-order valence-electron chi connectivity index (χ1n) is 4.85. The number of rotatable bonds is 1. The highest BCUT2D eigenvalue weighted by Gasteiger charge is 2.26. The summed E-state index contributed by atoms with van der Waals surface area (Å²) in [6.45, 7) is 9.48. The predicted octanol–water partition coefficient (Wildman–Crippen LogP) is 2.89. The zero-order valence-corrected chi connectivity index (χ0v) is 10.0. The lowest BCUT2D eigenvalue weighted by molar-refractivity contribution is 0.0928. The molecule has 0 saturated carbocycles. The van der Waals surface area contributed by atoms with Crippen molar-refractivity contribution in [2.75, 3.05) is 18.4 Å². The van der Waals surface area contributed by atoms with E-state index >= 15 is 0 Å². The molecule has 1 rings (SSSR count). The van der Waals surface area contributed by atoms with Crippen molar-refractivity contribution in [2.24, 2.45) is 5.92 Å². The quantitative estimate of drug-likeness (QED) is 0.630. The number of likely N-dealkylation sites (tertiary alicyclic amines) is 1. The second-order valence-corrected chi connectivity index (χ2v) is 5.40. The monoisotopic (exact) mass is 233 g/mol. The third kappa shape index (κ3) is 2.74. The van der Waals surface area contributed by atoms with E-state index in [2.05, 4.69) is 41.6 Å². The molecule has 1 aliphatic rings. The van der Waals surface area contributed by atoms with E-state index in [0.717, 1.165) is 5.92 Å². The first kappa shape index (κ1) is 10.5. The fraction of sp³-hybridized carbons (Fsp3) is 1.00. The van der Waals surface area contributed by atoms with E-state index in [1.54, 1.807) is 0 Å². The van der Waals surface area contributed by atoms with Crippen molar-refractivity contribution in [2.45, 2.75) is 39.2 Å². The van der Waals surface area contributed by atoms with Crippen LogP contribution in [0, 0.1) is 5.92 Å². The maximum Gasteiger partial charge on any atom is 0.0125 e. The van der Waals surface area contributed by atoms with Crippen molar-refractivity contribution >= 4 is 15.9 Å². The third-order valence-electron chi connectivity index (χ3n) is 2.78. The van der Waals surface area contributed by atoms with Crippen LogP contribution >= 0.6 is 15.9 Å². The molecule has 0 aliphatic carbocycles. The van der Waals surface area contributed by atoms with Crippen LogP contribution in [0.5, 0.6) is 0 Å². The second kappa shape index (κ2) is 4.10. The maximum atomic E-state index is 3.56. The van der Waals surface area contributed by atoms with Crippen LogP contribution < -0.4 is 0 Å². The third-order valence-corrected chi connectivity index (χ3v) is 3.70. The van der Waals surface area contributed by atoms with Gasteiger partial charge in [0.05, 0.1) is 0 Å². The molecule has 0 aromatic rings. The van der Waals surface area contributed by atoms with Gasteiger partial charge in [0.15, 0.2) is 0 Å². The van der Waals surface area contributed by atoms with Gasteiger partial charge in [-0.25, -0.2) is 0 Å². The van der Waals surface area contributed by atoms with Gasteiger partial charge in [-0.05, 0) is 52.6 Å². The van der Waals surface area contributed by atoms with Crippen LogP contribution in [0.4, 0.5) is 0 Å². The Kier molecular flexibility index (Phi) is 3.59. The average molecular weight is 234 g/mol. The number of piperidine rings is 1. The molecule has 0 aromatic heterocycles. The highest BCUT2D eigenvalue weighted by atomic mass is 79.9. The van der Waals surface area contributed by atoms with Crippen molar-refractivity contribution < 1.29 is 0 Å². The summed E-state index contributed by atoms with van der Waals surface area (Å²) in [6.07, 6.45) is 2.73. The van der Waals surface area contributed by atoms with Gasteiger partial charge in [-0.15, -0.1) is 0 Å². The lowest BCUT2D eigenvalue weighted by Gasteiger charge is -2.40. The molecule has 72 valence electrons. The van der Waals surface area contributed by atoms with Crippen molar-refractivity contribution in [3.05, 3.63) is 0 Å². The number of alkyl halides is 1. The Labute approximate surface area is 84.6 Å². The molecule has 0 atom stereocenters. The zero-order chi connectivity index (χ0) is 9.19. The number of hydrogen-bond donors (Lipinski definition) is 0. The summed E-state index contributed by atoms with van der Waals surface area (Å²) >= 11 is 3.56. The molecular weight excluding hydrogens is 214 g/mol. The zero-order valence-electron chi connectivity index (χ0n) is 8.44. The van der Waals surface area contributed by atoms with Crippen LogP contribution in [-0.2, 0) is 0 Å². The van der Waals surface area contributed by atoms with Crippen LogP contribution in [0.25, 0.3) is 0 Å². The summed E-state index contributed by atoms with van der Waals surface area (Å²) in [5.41, 5.74) is 0.372. The summed E-state index contributed by atoms with van der Waals surface area (Å²) in [7, 11) is 0. The summed E-state index contributed by atoms with van der Waals surface area (Å²) in [6, 6.07) is 0. The second-order valence-electron chi connectivity index (χ2n) is 4.76. The highest BCUT2D eigenvalue weighted by molar-refractivity contribution is 9.09. The molecule has 0 spiro atoms. The van der Waals surface area contributed by atoms with Gasteiger partial charge in [-0.2, -0.15) is 0 Å². The molecule has 0 amide bonds. The van der Waals surface area contributed by atoms with Crippen LogP contribution in [-0.4, -0.2) is 28.9 Å². The smallest absolute Gasteiger partial charge is 0.0125 e. The standard InChI is InChI=1S/C10H20BrN/c1-10(2,3)12-6-4-9(8-11)5-7-12/h9H,4-8H2,1-3H3. The highest BCUT2D eigenvalue weighted by Crippen LogP contribution is 2.24. The molecule has 12 heavy (non-hydrogen) atoms. The molecule has 1 nitrogen and oxygen atoms in total. The fourth-order valence-corrected chi connectivity index (χ4v) is 2.41. The van der Waals surface area contributed by atoms with E-state index in [4.69, 9.17) is 0 Å². The minimum atomic E-state index is 0.372. The summed E-state index contributed by atoms with van der Waals surface area (Å²) in [5.74, 6) is 0.920. The first-order valence-corrected chi connectivity index (χ1v) is 5.97. The lowest BCUT2D eigenvalue weighted by atomic mass is 9.95. The van der Waals surface area contributed by atoms with Crippen molar-refractivity contribution in [1.29, 1.82) is 0 Å². The molecule has 1 saturated heterocycles. The van der Waals surface area contributed by atoms with Crippen LogP contribution in [0.15, 0.2) is 0 Å². The van der Waals surface area contributed by atoms with Gasteiger partial charge in [0, 0.05) is 10.9 Å². The van der Waals surface area contributed by atoms with E-state index < -0.39 is 0 Å². The van der Waals surface area contributed by atoms with E-state index in [-0.39, 0.29) is 0 Å². The molecule has 0 bridgehead atoms. The SMILES string of the molecule is CC(C)(C)N1CCC(CBr)CC1. The minimum Gasteiger partial charge on any atom is -0.298 e. The normalized spacial score (nSPS) is 23.0.